The van der Waals surface area contributed by atoms with Crippen molar-refractivity contribution in [3.63, 3.8) is 0 Å². The van der Waals surface area contributed by atoms with Gasteiger partial charge in [0.25, 0.3) is 0 Å². The monoisotopic (exact) mass is 214 g/mol. The molecule has 0 rings (SSSR count). The van der Waals surface area contributed by atoms with Crippen LogP contribution in [-0.2, 0) is 19.1 Å². The van der Waals surface area contributed by atoms with Crippen LogP contribution in [0.4, 0.5) is 0 Å². The molecule has 0 amide bonds. The zero-order valence-corrected chi connectivity index (χ0v) is 9.38. The molecule has 0 N–H and O–H groups in total. The summed E-state index contributed by atoms with van der Waals surface area (Å²) in [6, 6.07) is 0. The van der Waals surface area contributed by atoms with Gasteiger partial charge in [-0.05, 0) is 12.8 Å². The van der Waals surface area contributed by atoms with Crippen LogP contribution in [-0.4, -0.2) is 25.2 Å². The first-order valence-corrected chi connectivity index (χ1v) is 5.12. The van der Waals surface area contributed by atoms with Crippen LogP contribution in [0.2, 0.25) is 0 Å². The summed E-state index contributed by atoms with van der Waals surface area (Å²) in [7, 11) is 0. The molecule has 4 heteroatoms. The number of carbonyl (C=O) groups is 2. The molecule has 0 aromatic carbocycles. The van der Waals surface area contributed by atoms with E-state index >= 15 is 0 Å². The Morgan fingerprint density at radius 2 is 1.60 bits per heavy atom. The van der Waals surface area contributed by atoms with E-state index in [0.29, 0.717) is 13.2 Å². The Morgan fingerprint density at radius 1 is 1.07 bits per heavy atom. The number of hydrogen-bond acceptors (Lipinski definition) is 4. The molecular weight excluding hydrogens is 196 g/mol. The lowest BCUT2D eigenvalue weighted by Crippen LogP contribution is -2.13. The van der Waals surface area contributed by atoms with Gasteiger partial charge in [-0.1, -0.05) is 20.4 Å². The standard InChI is InChI=1S/C11H18O4/c1-4-6-14-10(12)8-9(3)11(13)15-7-5-2/h3-8H2,1-2H3. The SMILES string of the molecule is C=C(CC(=O)OCCC)C(=O)OCCC. The highest BCUT2D eigenvalue weighted by atomic mass is 16.5. The Bertz CT molecular complexity index is 233. The first-order valence-electron chi connectivity index (χ1n) is 5.12. The molecule has 0 fully saturated rings. The van der Waals surface area contributed by atoms with Crippen molar-refractivity contribution in [1.29, 1.82) is 0 Å². The molecule has 0 aliphatic carbocycles. The lowest BCUT2D eigenvalue weighted by Gasteiger charge is -2.06. The topological polar surface area (TPSA) is 52.6 Å². The van der Waals surface area contributed by atoms with Crippen molar-refractivity contribution in [1.82, 2.24) is 0 Å². The van der Waals surface area contributed by atoms with Crippen molar-refractivity contribution >= 4 is 11.9 Å². The Kier molecular flexibility index (Phi) is 7.32. The Morgan fingerprint density at radius 3 is 2.13 bits per heavy atom. The summed E-state index contributed by atoms with van der Waals surface area (Å²) in [5.74, 6) is -0.958. The molecule has 0 atom stereocenters. The molecule has 4 nitrogen and oxygen atoms in total. The molecular formula is C11H18O4. The van der Waals surface area contributed by atoms with Crippen LogP contribution in [0.1, 0.15) is 33.1 Å². The van der Waals surface area contributed by atoms with Crippen LogP contribution in [0.15, 0.2) is 12.2 Å². The van der Waals surface area contributed by atoms with Gasteiger partial charge in [0.05, 0.1) is 19.6 Å². The van der Waals surface area contributed by atoms with E-state index in [0.717, 1.165) is 12.8 Å². The number of esters is 2. The van der Waals surface area contributed by atoms with Crippen molar-refractivity contribution in [3.05, 3.63) is 12.2 Å². The van der Waals surface area contributed by atoms with Crippen molar-refractivity contribution in [3.8, 4) is 0 Å². The summed E-state index contributed by atoms with van der Waals surface area (Å²) >= 11 is 0. The van der Waals surface area contributed by atoms with Gasteiger partial charge in [-0.15, -0.1) is 0 Å². The largest absolute Gasteiger partial charge is 0.465 e. The third-order valence-corrected chi connectivity index (χ3v) is 1.55. The molecule has 0 heterocycles. The van der Waals surface area contributed by atoms with Crippen LogP contribution in [0, 0.1) is 0 Å². The smallest absolute Gasteiger partial charge is 0.333 e. The minimum Gasteiger partial charge on any atom is -0.465 e. The van der Waals surface area contributed by atoms with Gasteiger partial charge in [0.2, 0.25) is 0 Å². The molecule has 0 aromatic rings. The van der Waals surface area contributed by atoms with E-state index in [4.69, 9.17) is 9.47 Å². The molecule has 0 aliphatic heterocycles. The van der Waals surface area contributed by atoms with Crippen molar-refractivity contribution in [2.75, 3.05) is 13.2 Å². The number of rotatable bonds is 7. The van der Waals surface area contributed by atoms with Gasteiger partial charge in [-0.25, -0.2) is 4.79 Å². The van der Waals surface area contributed by atoms with Crippen molar-refractivity contribution in [2.24, 2.45) is 0 Å². The maximum absolute atomic E-state index is 11.2. The third-order valence-electron chi connectivity index (χ3n) is 1.55. The molecule has 0 aliphatic rings. The summed E-state index contributed by atoms with van der Waals surface area (Å²) < 4.78 is 9.62. The van der Waals surface area contributed by atoms with E-state index in [1.54, 1.807) is 0 Å². The minimum absolute atomic E-state index is 0.0947. The number of carbonyl (C=O) groups excluding carboxylic acids is 2. The second-order valence-corrected chi connectivity index (χ2v) is 3.14. The number of ether oxygens (including phenoxy) is 2. The first kappa shape index (κ1) is 13.7. The van der Waals surface area contributed by atoms with E-state index in [1.165, 1.54) is 0 Å². The summed E-state index contributed by atoms with van der Waals surface area (Å²) in [4.78, 5) is 22.3. The van der Waals surface area contributed by atoms with E-state index in [1.807, 2.05) is 13.8 Å². The highest BCUT2D eigenvalue weighted by molar-refractivity contribution is 5.93. The molecule has 0 aromatic heterocycles. The van der Waals surface area contributed by atoms with Gasteiger partial charge in [-0.2, -0.15) is 0 Å². The van der Waals surface area contributed by atoms with E-state index in [9.17, 15) is 9.59 Å². The molecule has 0 bridgehead atoms. The van der Waals surface area contributed by atoms with Gasteiger partial charge in [0.15, 0.2) is 0 Å². The van der Waals surface area contributed by atoms with E-state index in [-0.39, 0.29) is 12.0 Å². The number of hydrogen-bond donors (Lipinski definition) is 0. The second-order valence-electron chi connectivity index (χ2n) is 3.14. The third kappa shape index (κ3) is 6.71. The van der Waals surface area contributed by atoms with Crippen LogP contribution >= 0.6 is 0 Å². The van der Waals surface area contributed by atoms with Gasteiger partial charge >= 0.3 is 11.9 Å². The molecule has 0 saturated carbocycles. The molecule has 0 unspecified atom stereocenters. The maximum Gasteiger partial charge on any atom is 0.333 e. The Labute approximate surface area is 90.2 Å². The van der Waals surface area contributed by atoms with Gasteiger partial charge < -0.3 is 9.47 Å². The summed E-state index contributed by atoms with van der Waals surface area (Å²) in [6.45, 7) is 8.00. The highest BCUT2D eigenvalue weighted by Crippen LogP contribution is 2.03. The van der Waals surface area contributed by atoms with Crippen molar-refractivity contribution < 1.29 is 19.1 Å². The second kappa shape index (κ2) is 8.03. The Hall–Kier alpha value is -1.32. The average Bonchev–Trinajstić information content (AvgIpc) is 2.22. The van der Waals surface area contributed by atoms with Crippen molar-refractivity contribution in [2.45, 2.75) is 33.1 Å². The van der Waals surface area contributed by atoms with Gasteiger partial charge in [0.1, 0.15) is 0 Å². The lowest BCUT2D eigenvalue weighted by atomic mass is 10.2. The summed E-state index contributed by atoms with van der Waals surface area (Å²) in [5.41, 5.74) is 0.143. The van der Waals surface area contributed by atoms with Crippen LogP contribution in [0.25, 0.3) is 0 Å². The molecule has 15 heavy (non-hydrogen) atoms. The highest BCUT2D eigenvalue weighted by Gasteiger charge is 2.13. The average molecular weight is 214 g/mol. The molecule has 0 radical (unpaired) electrons. The zero-order chi connectivity index (χ0) is 11.7. The Balaban J connectivity index is 3.80. The predicted molar refractivity (Wildman–Crippen MR) is 56.3 cm³/mol. The zero-order valence-electron chi connectivity index (χ0n) is 9.38. The maximum atomic E-state index is 11.2. The predicted octanol–water partition coefficient (Wildman–Crippen LogP) is 1.84. The lowest BCUT2D eigenvalue weighted by molar-refractivity contribution is -0.146. The molecule has 0 saturated heterocycles. The normalized spacial score (nSPS) is 9.47. The fourth-order valence-electron chi connectivity index (χ4n) is 0.810. The summed E-state index contributed by atoms with van der Waals surface area (Å²) in [6.07, 6.45) is 1.42. The fourth-order valence-corrected chi connectivity index (χ4v) is 0.810. The van der Waals surface area contributed by atoms with E-state index in [2.05, 4.69) is 6.58 Å². The first-order chi connectivity index (χ1) is 7.11. The van der Waals surface area contributed by atoms with Gasteiger partial charge in [-0.3, -0.25) is 4.79 Å². The fraction of sp³-hybridized carbons (Fsp3) is 0.636. The molecule has 86 valence electrons. The van der Waals surface area contributed by atoms with Crippen LogP contribution in [0.3, 0.4) is 0 Å². The minimum atomic E-state index is -0.523. The van der Waals surface area contributed by atoms with Crippen LogP contribution < -0.4 is 0 Å². The van der Waals surface area contributed by atoms with E-state index < -0.39 is 11.9 Å². The molecule has 0 spiro atoms. The quantitative estimate of drug-likeness (QED) is 0.479. The summed E-state index contributed by atoms with van der Waals surface area (Å²) in [5, 5.41) is 0. The van der Waals surface area contributed by atoms with Gasteiger partial charge in [0, 0.05) is 5.57 Å². The van der Waals surface area contributed by atoms with Crippen LogP contribution in [0.5, 0.6) is 0 Å².